The van der Waals surface area contributed by atoms with E-state index in [1.165, 1.54) is 38.5 Å². The number of phenolic OH excluding ortho intramolecular Hbond substituents is 2. The molecule has 4 heteroatoms. The monoisotopic (exact) mass is 588 g/mol. The minimum atomic E-state index is -0.0920. The van der Waals surface area contributed by atoms with Gasteiger partial charge in [0.25, 0.3) is 0 Å². The van der Waals surface area contributed by atoms with Gasteiger partial charge in [-0.05, 0) is 147 Å². The van der Waals surface area contributed by atoms with Gasteiger partial charge in [-0.25, -0.2) is 0 Å². The Kier molecular flexibility index (Phi) is 5.60. The highest BCUT2D eigenvalue weighted by molar-refractivity contribution is 5.66. The van der Waals surface area contributed by atoms with E-state index in [-0.39, 0.29) is 22.3 Å². The number of nitrogen functional groups attached to an aromatic ring is 2. The molecule has 8 bridgehead atoms. The summed E-state index contributed by atoms with van der Waals surface area (Å²) < 4.78 is 0. The fraction of sp³-hybridized carbons (Fsp3) is 0.600. The molecule has 44 heavy (non-hydrogen) atoms. The Balaban J connectivity index is 1.14. The number of aromatic hydroxyl groups is 2. The van der Waals surface area contributed by atoms with Crippen LogP contribution in [0.3, 0.4) is 0 Å². The van der Waals surface area contributed by atoms with Crippen LogP contribution in [0.2, 0.25) is 0 Å². The second kappa shape index (κ2) is 8.72. The molecule has 0 heterocycles. The Labute approximate surface area is 263 Å². The van der Waals surface area contributed by atoms with E-state index in [9.17, 15) is 10.2 Å². The lowest BCUT2D eigenvalue weighted by Crippen LogP contribution is -2.57. The number of phenols is 2. The summed E-state index contributed by atoms with van der Waals surface area (Å²) in [5, 5.41) is 22.7. The van der Waals surface area contributed by atoms with Gasteiger partial charge in [0.05, 0.1) is 11.4 Å². The first-order chi connectivity index (χ1) is 20.6. The van der Waals surface area contributed by atoms with Crippen LogP contribution in [0.1, 0.15) is 127 Å². The third kappa shape index (κ3) is 4.20. The van der Waals surface area contributed by atoms with Crippen LogP contribution in [-0.2, 0) is 10.8 Å². The molecule has 6 N–H and O–H groups in total. The molecule has 2 aromatic rings. The Hall–Kier alpha value is -3.24. The van der Waals surface area contributed by atoms with E-state index in [2.05, 4.69) is 57.4 Å². The summed E-state index contributed by atoms with van der Waals surface area (Å²) in [6, 6.07) is 7.64. The molecule has 0 aromatic heterocycles. The van der Waals surface area contributed by atoms with E-state index >= 15 is 0 Å². The molecule has 0 radical (unpaired) electrons. The summed E-state index contributed by atoms with van der Waals surface area (Å²) in [5.41, 5.74) is 18.3. The van der Waals surface area contributed by atoms with Crippen molar-refractivity contribution in [3.8, 4) is 35.2 Å². The fourth-order valence-corrected chi connectivity index (χ4v) is 14.1. The fourth-order valence-electron chi connectivity index (χ4n) is 14.1. The van der Waals surface area contributed by atoms with Crippen LogP contribution < -0.4 is 11.5 Å². The third-order valence-corrected chi connectivity index (χ3v) is 13.2. The maximum absolute atomic E-state index is 11.4. The van der Waals surface area contributed by atoms with Crippen molar-refractivity contribution in [3.05, 3.63) is 46.5 Å². The molecule has 8 fully saturated rings. The van der Waals surface area contributed by atoms with Crippen LogP contribution in [0.15, 0.2) is 24.3 Å². The minimum Gasteiger partial charge on any atom is -0.505 e. The zero-order valence-corrected chi connectivity index (χ0v) is 27.0. The van der Waals surface area contributed by atoms with Crippen LogP contribution in [0, 0.1) is 57.2 Å². The average Bonchev–Trinajstić information content (AvgIpc) is 2.86. The normalized spacial score (nSPS) is 42.5. The molecule has 2 aromatic carbocycles. The minimum absolute atomic E-state index is 0.0357. The van der Waals surface area contributed by atoms with Crippen molar-refractivity contribution < 1.29 is 10.2 Å². The molecule has 8 aliphatic rings. The van der Waals surface area contributed by atoms with Gasteiger partial charge in [0.1, 0.15) is 11.5 Å². The van der Waals surface area contributed by atoms with Gasteiger partial charge < -0.3 is 21.7 Å². The molecule has 10 rings (SSSR count). The molecule has 4 nitrogen and oxygen atoms in total. The zero-order valence-electron chi connectivity index (χ0n) is 27.0. The topological polar surface area (TPSA) is 92.5 Å². The van der Waals surface area contributed by atoms with Crippen LogP contribution in [-0.4, -0.2) is 10.2 Å². The van der Waals surface area contributed by atoms with Gasteiger partial charge in [-0.2, -0.15) is 0 Å². The van der Waals surface area contributed by atoms with Gasteiger partial charge in [-0.3, -0.25) is 0 Å². The molecule has 4 atom stereocenters. The van der Waals surface area contributed by atoms with Gasteiger partial charge >= 0.3 is 0 Å². The smallest absolute Gasteiger partial charge is 0.143 e. The van der Waals surface area contributed by atoms with Crippen molar-refractivity contribution in [2.75, 3.05) is 11.5 Å². The SMILES string of the molecule is CC12CC3CC(C)(C1)CC(c1cc(C#CC#Cc4ccc(N)c(O)c4C45CC6CC(C)(CC(C)(C6)C4)C5)cc(N)c1O)(C3)C2. The second-order valence-electron chi connectivity index (χ2n) is 18.2. The second-order valence-corrected chi connectivity index (χ2v) is 18.2. The molecule has 0 spiro atoms. The molecular weight excluding hydrogens is 540 g/mol. The summed E-state index contributed by atoms with van der Waals surface area (Å²) in [6.45, 7) is 9.81. The Morgan fingerprint density at radius 1 is 0.614 bits per heavy atom. The van der Waals surface area contributed by atoms with Gasteiger partial charge in [0, 0.05) is 33.1 Å². The van der Waals surface area contributed by atoms with Crippen molar-refractivity contribution >= 4 is 11.4 Å². The van der Waals surface area contributed by atoms with Gasteiger partial charge in [0.15, 0.2) is 0 Å². The van der Waals surface area contributed by atoms with E-state index in [0.717, 1.165) is 60.8 Å². The number of nitrogens with two attached hydrogens (primary N) is 2. The highest BCUT2D eigenvalue weighted by atomic mass is 16.3. The van der Waals surface area contributed by atoms with Gasteiger partial charge in [0.2, 0.25) is 0 Å². The van der Waals surface area contributed by atoms with Crippen molar-refractivity contribution in [2.45, 2.75) is 116 Å². The highest BCUT2D eigenvalue weighted by Crippen LogP contribution is 2.72. The van der Waals surface area contributed by atoms with E-state index < -0.39 is 0 Å². The molecule has 0 amide bonds. The molecule has 0 aliphatic heterocycles. The summed E-state index contributed by atoms with van der Waals surface area (Å²) in [6.07, 6.45) is 14.4. The van der Waals surface area contributed by atoms with Crippen LogP contribution in [0.4, 0.5) is 11.4 Å². The maximum Gasteiger partial charge on any atom is 0.143 e. The van der Waals surface area contributed by atoms with E-state index in [1.807, 2.05) is 6.07 Å². The predicted octanol–water partition coefficient (Wildman–Crippen LogP) is 8.16. The van der Waals surface area contributed by atoms with Crippen LogP contribution in [0.25, 0.3) is 0 Å². The lowest BCUT2D eigenvalue weighted by Gasteiger charge is -2.65. The van der Waals surface area contributed by atoms with E-state index in [0.29, 0.717) is 44.9 Å². The molecule has 8 saturated carbocycles. The van der Waals surface area contributed by atoms with Crippen molar-refractivity contribution in [2.24, 2.45) is 33.5 Å². The summed E-state index contributed by atoms with van der Waals surface area (Å²) in [4.78, 5) is 0. The summed E-state index contributed by atoms with van der Waals surface area (Å²) >= 11 is 0. The van der Waals surface area contributed by atoms with E-state index in [1.54, 1.807) is 12.1 Å². The van der Waals surface area contributed by atoms with Crippen molar-refractivity contribution in [3.63, 3.8) is 0 Å². The lowest BCUT2D eigenvalue weighted by molar-refractivity contribution is -0.110. The average molecular weight is 589 g/mol. The maximum atomic E-state index is 11.4. The molecule has 0 saturated heterocycles. The number of benzene rings is 2. The standard InChI is InChI=1S/C40H48N2O2/c1-35-13-26-14-36(2,19-35)22-39(17-26,21-35)29-11-25(12-31(42)33(29)43)7-5-6-8-28-9-10-30(41)34(44)32(28)40-18-27-15-37(3,23-40)20-38(4,16-27)24-40/h9-12,26-27,43-44H,13-24,41-42H2,1-4H3. The number of rotatable bonds is 2. The molecule has 230 valence electrons. The molecule has 8 aliphatic carbocycles. The van der Waals surface area contributed by atoms with E-state index in [4.69, 9.17) is 11.5 Å². The predicted molar refractivity (Wildman–Crippen MR) is 177 cm³/mol. The lowest BCUT2D eigenvalue weighted by atomic mass is 9.39. The third-order valence-electron chi connectivity index (χ3n) is 13.2. The van der Waals surface area contributed by atoms with Gasteiger partial charge in [-0.1, -0.05) is 39.5 Å². The van der Waals surface area contributed by atoms with Crippen LogP contribution >= 0.6 is 0 Å². The molecular formula is C40H48N2O2. The Morgan fingerprint density at radius 3 is 1.70 bits per heavy atom. The number of hydrogen-bond donors (Lipinski definition) is 4. The largest absolute Gasteiger partial charge is 0.505 e. The van der Waals surface area contributed by atoms with Crippen LogP contribution in [0.5, 0.6) is 11.5 Å². The number of anilines is 2. The zero-order chi connectivity index (χ0) is 30.9. The summed E-state index contributed by atoms with van der Waals surface area (Å²) in [7, 11) is 0. The van der Waals surface area contributed by atoms with Crippen molar-refractivity contribution in [1.29, 1.82) is 0 Å². The molecule has 4 unspecified atom stereocenters. The Bertz CT molecular complexity index is 1700. The Morgan fingerprint density at radius 2 is 1.14 bits per heavy atom. The highest BCUT2D eigenvalue weighted by Gasteiger charge is 2.62. The quantitative estimate of drug-likeness (QED) is 0.162. The summed E-state index contributed by atoms with van der Waals surface area (Å²) in [5.74, 6) is 14.7. The van der Waals surface area contributed by atoms with Crippen molar-refractivity contribution in [1.82, 2.24) is 0 Å². The first-order valence-electron chi connectivity index (χ1n) is 16.9. The first kappa shape index (κ1) is 28.2. The number of hydrogen-bond acceptors (Lipinski definition) is 4. The van der Waals surface area contributed by atoms with Gasteiger partial charge in [-0.15, -0.1) is 0 Å². The first-order valence-corrected chi connectivity index (χ1v) is 16.9.